The van der Waals surface area contributed by atoms with Crippen LogP contribution in [0.3, 0.4) is 0 Å². The number of hydrogen-bond donors (Lipinski definition) is 2. The predicted molar refractivity (Wildman–Crippen MR) is 65.7 cm³/mol. The van der Waals surface area contributed by atoms with Crippen LogP contribution in [-0.4, -0.2) is 35.3 Å². The number of aromatic nitrogens is 2. The molecule has 0 spiro atoms. The van der Waals surface area contributed by atoms with Crippen molar-refractivity contribution in [2.24, 2.45) is 5.92 Å². The Bertz CT molecular complexity index is 324. The minimum absolute atomic E-state index is 0.102. The molecule has 2 unspecified atom stereocenters. The number of thioether (sulfide) groups is 1. The third-order valence-electron chi connectivity index (χ3n) is 2.81. The Morgan fingerprint density at radius 1 is 1.56 bits per heavy atom. The lowest BCUT2D eigenvalue weighted by atomic mass is 10.1. The van der Waals surface area contributed by atoms with Crippen molar-refractivity contribution in [3.63, 3.8) is 0 Å². The summed E-state index contributed by atoms with van der Waals surface area (Å²) in [6.07, 6.45) is 1.28. The molecule has 16 heavy (non-hydrogen) atoms. The predicted octanol–water partition coefficient (Wildman–Crippen LogP) is 1.51. The van der Waals surface area contributed by atoms with Gasteiger partial charge in [0.05, 0.1) is 6.04 Å². The van der Waals surface area contributed by atoms with Gasteiger partial charge in [-0.15, -0.1) is 5.10 Å². The highest BCUT2D eigenvalue weighted by Crippen LogP contribution is 2.23. The molecule has 1 aromatic heterocycles. The molecule has 1 aliphatic rings. The van der Waals surface area contributed by atoms with Gasteiger partial charge in [0.15, 0.2) is 0 Å². The van der Waals surface area contributed by atoms with Gasteiger partial charge in [0.2, 0.25) is 5.89 Å². The van der Waals surface area contributed by atoms with Gasteiger partial charge >= 0.3 is 6.01 Å². The number of hydrogen-bond acceptors (Lipinski definition) is 6. The molecule has 1 aliphatic heterocycles. The summed E-state index contributed by atoms with van der Waals surface area (Å²) in [6.45, 7) is 2.92. The zero-order chi connectivity index (χ0) is 11.4. The number of anilines is 1. The normalized spacial score (nSPS) is 22.2. The van der Waals surface area contributed by atoms with Gasteiger partial charge in [0.1, 0.15) is 0 Å². The van der Waals surface area contributed by atoms with E-state index in [1.165, 1.54) is 17.9 Å². The van der Waals surface area contributed by atoms with Crippen LogP contribution in [-0.2, 0) is 0 Å². The van der Waals surface area contributed by atoms with Crippen LogP contribution in [0.2, 0.25) is 0 Å². The standard InChI is InChI=1S/C10H18N4OS/c1-7(11-2)9-13-14-10(15-9)12-5-8-3-4-16-6-8/h7-8,11H,3-6H2,1-2H3,(H,12,14). The van der Waals surface area contributed by atoms with Crippen molar-refractivity contribution in [3.8, 4) is 0 Å². The molecule has 6 heteroatoms. The van der Waals surface area contributed by atoms with Gasteiger partial charge < -0.3 is 15.1 Å². The van der Waals surface area contributed by atoms with E-state index in [1.54, 1.807) is 0 Å². The van der Waals surface area contributed by atoms with E-state index in [4.69, 9.17) is 4.42 Å². The Hall–Kier alpha value is -0.750. The Morgan fingerprint density at radius 2 is 2.44 bits per heavy atom. The molecule has 0 saturated carbocycles. The lowest BCUT2D eigenvalue weighted by Gasteiger charge is -2.07. The van der Waals surface area contributed by atoms with Crippen LogP contribution in [0, 0.1) is 5.92 Å². The smallest absolute Gasteiger partial charge is 0.315 e. The SMILES string of the molecule is CNC(C)c1nnc(NCC2CCSC2)o1. The van der Waals surface area contributed by atoms with Crippen molar-refractivity contribution in [2.45, 2.75) is 19.4 Å². The van der Waals surface area contributed by atoms with Crippen LogP contribution in [0.1, 0.15) is 25.3 Å². The topological polar surface area (TPSA) is 63.0 Å². The molecule has 2 atom stereocenters. The van der Waals surface area contributed by atoms with E-state index in [1.807, 2.05) is 25.7 Å². The Morgan fingerprint density at radius 3 is 3.12 bits per heavy atom. The second kappa shape index (κ2) is 5.54. The zero-order valence-corrected chi connectivity index (χ0v) is 10.5. The van der Waals surface area contributed by atoms with E-state index in [0.717, 1.165) is 12.5 Å². The number of nitrogens with zero attached hydrogens (tertiary/aromatic N) is 2. The van der Waals surface area contributed by atoms with Crippen LogP contribution in [0.5, 0.6) is 0 Å². The van der Waals surface area contributed by atoms with Crippen LogP contribution < -0.4 is 10.6 Å². The minimum atomic E-state index is 0.102. The fourth-order valence-corrected chi connectivity index (χ4v) is 2.86. The third-order valence-corrected chi connectivity index (χ3v) is 4.04. The molecule has 1 aromatic rings. The van der Waals surface area contributed by atoms with Crippen LogP contribution in [0.4, 0.5) is 6.01 Å². The quantitative estimate of drug-likeness (QED) is 0.816. The van der Waals surface area contributed by atoms with Crippen LogP contribution in [0.25, 0.3) is 0 Å². The van der Waals surface area contributed by atoms with Gasteiger partial charge in [-0.25, -0.2) is 0 Å². The van der Waals surface area contributed by atoms with Gasteiger partial charge in [-0.2, -0.15) is 11.8 Å². The van der Waals surface area contributed by atoms with E-state index < -0.39 is 0 Å². The van der Waals surface area contributed by atoms with Gasteiger partial charge in [-0.05, 0) is 37.8 Å². The molecule has 0 aromatic carbocycles. The van der Waals surface area contributed by atoms with Crippen molar-refractivity contribution in [1.29, 1.82) is 0 Å². The summed E-state index contributed by atoms with van der Waals surface area (Å²) in [7, 11) is 1.87. The number of rotatable bonds is 5. The first-order valence-corrected chi connectivity index (χ1v) is 6.77. The van der Waals surface area contributed by atoms with E-state index in [2.05, 4.69) is 20.8 Å². The Kier molecular flexibility index (Phi) is 4.06. The molecular formula is C10H18N4OS. The van der Waals surface area contributed by atoms with E-state index in [-0.39, 0.29) is 6.04 Å². The largest absolute Gasteiger partial charge is 0.406 e. The van der Waals surface area contributed by atoms with Gasteiger partial charge in [-0.3, -0.25) is 0 Å². The highest BCUT2D eigenvalue weighted by atomic mass is 32.2. The fourth-order valence-electron chi connectivity index (χ4n) is 1.58. The molecule has 1 saturated heterocycles. The molecule has 90 valence electrons. The summed E-state index contributed by atoms with van der Waals surface area (Å²) in [6, 6.07) is 0.638. The van der Waals surface area contributed by atoms with Crippen molar-refractivity contribution in [3.05, 3.63) is 5.89 Å². The molecule has 1 fully saturated rings. The Labute approximate surface area is 99.8 Å². The summed E-state index contributed by atoms with van der Waals surface area (Å²) < 4.78 is 5.49. The lowest BCUT2D eigenvalue weighted by Crippen LogP contribution is -2.13. The highest BCUT2D eigenvalue weighted by molar-refractivity contribution is 7.99. The van der Waals surface area contributed by atoms with Crippen LogP contribution in [0.15, 0.2) is 4.42 Å². The summed E-state index contributed by atoms with van der Waals surface area (Å²) in [5, 5.41) is 14.2. The van der Waals surface area contributed by atoms with Crippen molar-refractivity contribution >= 4 is 17.8 Å². The second-order valence-corrected chi connectivity index (χ2v) is 5.22. The molecule has 2 rings (SSSR count). The lowest BCUT2D eigenvalue weighted by molar-refractivity contribution is 0.439. The molecule has 2 heterocycles. The maximum absolute atomic E-state index is 5.49. The first-order valence-electron chi connectivity index (χ1n) is 5.62. The first kappa shape index (κ1) is 11.7. The summed E-state index contributed by atoms with van der Waals surface area (Å²) in [5.41, 5.74) is 0. The Balaban J connectivity index is 1.82. The monoisotopic (exact) mass is 242 g/mol. The van der Waals surface area contributed by atoms with Gasteiger partial charge in [0.25, 0.3) is 0 Å². The zero-order valence-electron chi connectivity index (χ0n) is 9.69. The van der Waals surface area contributed by atoms with Crippen molar-refractivity contribution in [2.75, 3.05) is 30.4 Å². The van der Waals surface area contributed by atoms with E-state index in [0.29, 0.717) is 11.9 Å². The molecule has 0 amide bonds. The molecule has 0 aliphatic carbocycles. The van der Waals surface area contributed by atoms with Gasteiger partial charge in [-0.1, -0.05) is 5.10 Å². The van der Waals surface area contributed by atoms with E-state index in [9.17, 15) is 0 Å². The van der Waals surface area contributed by atoms with Crippen molar-refractivity contribution < 1.29 is 4.42 Å². The highest BCUT2D eigenvalue weighted by Gasteiger charge is 2.17. The molecule has 5 nitrogen and oxygen atoms in total. The summed E-state index contributed by atoms with van der Waals surface area (Å²) >= 11 is 2.01. The van der Waals surface area contributed by atoms with Crippen LogP contribution >= 0.6 is 11.8 Å². The van der Waals surface area contributed by atoms with E-state index >= 15 is 0 Å². The first-order chi connectivity index (χ1) is 7.79. The molecular weight excluding hydrogens is 224 g/mol. The van der Waals surface area contributed by atoms with Crippen molar-refractivity contribution in [1.82, 2.24) is 15.5 Å². The minimum Gasteiger partial charge on any atom is -0.406 e. The summed E-state index contributed by atoms with van der Waals surface area (Å²) in [5.74, 6) is 3.88. The second-order valence-electron chi connectivity index (χ2n) is 4.07. The van der Waals surface area contributed by atoms with Gasteiger partial charge in [0, 0.05) is 6.54 Å². The molecule has 2 N–H and O–H groups in total. The number of nitrogens with one attached hydrogen (secondary N) is 2. The summed E-state index contributed by atoms with van der Waals surface area (Å²) in [4.78, 5) is 0. The molecule has 0 bridgehead atoms. The average molecular weight is 242 g/mol. The third kappa shape index (κ3) is 2.89. The molecule has 0 radical (unpaired) electrons. The maximum Gasteiger partial charge on any atom is 0.315 e. The maximum atomic E-state index is 5.49. The fraction of sp³-hybridized carbons (Fsp3) is 0.800. The average Bonchev–Trinajstić information content (AvgIpc) is 2.96.